The monoisotopic (exact) mass is 250 g/mol. The number of allylic oxidation sites excluding steroid dienone is 2. The van der Waals surface area contributed by atoms with Crippen molar-refractivity contribution in [2.24, 2.45) is 5.92 Å². The fourth-order valence-electron chi connectivity index (χ4n) is 1.86. The van der Waals surface area contributed by atoms with Gasteiger partial charge in [-0.25, -0.2) is 4.39 Å². The van der Waals surface area contributed by atoms with Crippen molar-refractivity contribution in [2.45, 2.75) is 33.6 Å². The quantitative estimate of drug-likeness (QED) is 0.856. The Labute approximate surface area is 107 Å². The summed E-state index contributed by atoms with van der Waals surface area (Å²) in [5.41, 5.74) is 2.64. The van der Waals surface area contributed by atoms with E-state index in [9.17, 15) is 9.18 Å². The molecule has 18 heavy (non-hydrogen) atoms. The zero-order valence-electron chi connectivity index (χ0n) is 11.0. The van der Waals surface area contributed by atoms with Crippen molar-refractivity contribution >= 4 is 11.5 Å². The van der Waals surface area contributed by atoms with Gasteiger partial charge < -0.3 is 5.11 Å². The van der Waals surface area contributed by atoms with Gasteiger partial charge in [0, 0.05) is 6.42 Å². The van der Waals surface area contributed by atoms with Crippen molar-refractivity contribution in [2.75, 3.05) is 0 Å². The highest BCUT2D eigenvalue weighted by atomic mass is 19.1. The summed E-state index contributed by atoms with van der Waals surface area (Å²) in [6.07, 6.45) is 2.56. The van der Waals surface area contributed by atoms with Crippen LogP contribution in [0.2, 0.25) is 0 Å². The Morgan fingerprint density at radius 3 is 2.61 bits per heavy atom. The SMILES string of the molecule is Cc1cc(/C(=C/CCC(=O)O)C(C)C)ccc1F. The zero-order valence-corrected chi connectivity index (χ0v) is 11.0. The van der Waals surface area contributed by atoms with Gasteiger partial charge in [0.2, 0.25) is 0 Å². The van der Waals surface area contributed by atoms with Gasteiger partial charge in [0.05, 0.1) is 0 Å². The minimum atomic E-state index is -0.801. The van der Waals surface area contributed by atoms with Gasteiger partial charge in [-0.15, -0.1) is 0 Å². The Bertz CT molecular complexity index is 462. The van der Waals surface area contributed by atoms with Crippen LogP contribution in [0, 0.1) is 18.7 Å². The van der Waals surface area contributed by atoms with Crippen LogP contribution in [0.25, 0.3) is 5.57 Å². The number of benzene rings is 1. The van der Waals surface area contributed by atoms with E-state index in [4.69, 9.17) is 5.11 Å². The molecule has 98 valence electrons. The van der Waals surface area contributed by atoms with Crippen LogP contribution in [0.1, 0.15) is 37.8 Å². The molecule has 3 heteroatoms. The number of hydrogen-bond donors (Lipinski definition) is 1. The molecule has 0 aliphatic carbocycles. The minimum Gasteiger partial charge on any atom is -0.481 e. The standard InChI is InChI=1S/C15H19FO2/c1-10(2)13(5-4-6-15(17)18)12-7-8-14(16)11(3)9-12/h5,7-10H,4,6H2,1-3H3,(H,17,18)/b13-5+. The molecule has 1 aromatic rings. The van der Waals surface area contributed by atoms with Crippen molar-refractivity contribution in [1.29, 1.82) is 0 Å². The molecule has 0 aliphatic rings. The lowest BCUT2D eigenvalue weighted by atomic mass is 9.93. The minimum absolute atomic E-state index is 0.121. The number of aliphatic carboxylic acids is 1. The maximum atomic E-state index is 13.2. The van der Waals surface area contributed by atoms with E-state index < -0.39 is 5.97 Å². The third-order valence-corrected chi connectivity index (χ3v) is 2.84. The number of aryl methyl sites for hydroxylation is 1. The maximum absolute atomic E-state index is 13.2. The van der Waals surface area contributed by atoms with Crippen LogP contribution >= 0.6 is 0 Å². The van der Waals surface area contributed by atoms with Gasteiger partial charge in [0.1, 0.15) is 5.82 Å². The molecule has 0 saturated heterocycles. The first kappa shape index (κ1) is 14.4. The second-order valence-corrected chi connectivity index (χ2v) is 4.71. The Hall–Kier alpha value is -1.64. The van der Waals surface area contributed by atoms with E-state index in [2.05, 4.69) is 0 Å². The lowest BCUT2D eigenvalue weighted by molar-refractivity contribution is -0.136. The second kappa shape index (κ2) is 6.34. The highest BCUT2D eigenvalue weighted by Gasteiger charge is 2.08. The normalized spacial score (nSPS) is 11.9. The lowest BCUT2D eigenvalue weighted by Gasteiger charge is -2.13. The number of hydrogen-bond acceptors (Lipinski definition) is 1. The van der Waals surface area contributed by atoms with E-state index in [1.54, 1.807) is 13.0 Å². The fraction of sp³-hybridized carbons (Fsp3) is 0.400. The third kappa shape index (κ3) is 3.99. The topological polar surface area (TPSA) is 37.3 Å². The second-order valence-electron chi connectivity index (χ2n) is 4.71. The predicted octanol–water partition coefficient (Wildman–Crippen LogP) is 4.04. The molecule has 0 atom stereocenters. The van der Waals surface area contributed by atoms with E-state index in [1.165, 1.54) is 6.07 Å². The van der Waals surface area contributed by atoms with Gasteiger partial charge >= 0.3 is 5.97 Å². The van der Waals surface area contributed by atoms with E-state index in [-0.39, 0.29) is 18.2 Å². The van der Waals surface area contributed by atoms with E-state index in [1.807, 2.05) is 26.0 Å². The molecule has 0 aliphatic heterocycles. The van der Waals surface area contributed by atoms with Crippen LogP contribution in [-0.4, -0.2) is 11.1 Å². The Morgan fingerprint density at radius 1 is 1.44 bits per heavy atom. The molecule has 0 spiro atoms. The van der Waals surface area contributed by atoms with E-state index >= 15 is 0 Å². The van der Waals surface area contributed by atoms with Crippen LogP contribution in [0.15, 0.2) is 24.3 Å². The van der Waals surface area contributed by atoms with Crippen molar-refractivity contribution in [1.82, 2.24) is 0 Å². The van der Waals surface area contributed by atoms with Gasteiger partial charge in [-0.2, -0.15) is 0 Å². The molecule has 1 rings (SSSR count). The summed E-state index contributed by atoms with van der Waals surface area (Å²) in [6.45, 7) is 5.82. The van der Waals surface area contributed by atoms with Gasteiger partial charge in [-0.05, 0) is 48.1 Å². The summed E-state index contributed by atoms with van der Waals surface area (Å²) in [7, 11) is 0. The summed E-state index contributed by atoms with van der Waals surface area (Å²) in [5, 5.41) is 8.64. The highest BCUT2D eigenvalue weighted by molar-refractivity contribution is 5.70. The average Bonchev–Trinajstić information content (AvgIpc) is 2.27. The Balaban J connectivity index is 2.97. The summed E-state index contributed by atoms with van der Waals surface area (Å²) in [4.78, 5) is 10.5. The van der Waals surface area contributed by atoms with Gasteiger partial charge in [-0.1, -0.05) is 26.0 Å². The number of rotatable bonds is 5. The summed E-state index contributed by atoms with van der Waals surface area (Å²) >= 11 is 0. The third-order valence-electron chi connectivity index (χ3n) is 2.84. The van der Waals surface area contributed by atoms with Crippen LogP contribution in [0.4, 0.5) is 4.39 Å². The number of carboxylic acid groups (broad SMARTS) is 1. The molecule has 0 fully saturated rings. The van der Waals surface area contributed by atoms with Crippen LogP contribution in [0.3, 0.4) is 0 Å². The van der Waals surface area contributed by atoms with E-state index in [0.29, 0.717) is 12.0 Å². The molecule has 1 aromatic carbocycles. The smallest absolute Gasteiger partial charge is 0.303 e. The molecule has 0 bridgehead atoms. The van der Waals surface area contributed by atoms with Gasteiger partial charge in [0.15, 0.2) is 0 Å². The Kier molecular flexibility index (Phi) is 5.08. The fourth-order valence-corrected chi connectivity index (χ4v) is 1.86. The predicted molar refractivity (Wildman–Crippen MR) is 70.8 cm³/mol. The number of halogens is 1. The molecular formula is C15H19FO2. The highest BCUT2D eigenvalue weighted by Crippen LogP contribution is 2.25. The lowest BCUT2D eigenvalue weighted by Crippen LogP contribution is -1.97. The molecule has 0 heterocycles. The molecule has 0 unspecified atom stereocenters. The molecular weight excluding hydrogens is 231 g/mol. The molecule has 0 radical (unpaired) electrons. The molecule has 0 saturated carbocycles. The van der Waals surface area contributed by atoms with Gasteiger partial charge in [0.25, 0.3) is 0 Å². The first-order valence-electron chi connectivity index (χ1n) is 6.10. The first-order chi connectivity index (χ1) is 8.41. The summed E-state index contributed by atoms with van der Waals surface area (Å²) in [5.74, 6) is -0.735. The number of carboxylic acids is 1. The van der Waals surface area contributed by atoms with Crippen molar-refractivity contribution in [3.05, 3.63) is 41.2 Å². The summed E-state index contributed by atoms with van der Waals surface area (Å²) in [6, 6.07) is 5.01. The molecule has 2 nitrogen and oxygen atoms in total. The first-order valence-corrected chi connectivity index (χ1v) is 6.10. The largest absolute Gasteiger partial charge is 0.481 e. The molecule has 0 aromatic heterocycles. The van der Waals surface area contributed by atoms with Crippen molar-refractivity contribution < 1.29 is 14.3 Å². The molecule has 0 amide bonds. The zero-order chi connectivity index (χ0) is 13.7. The maximum Gasteiger partial charge on any atom is 0.303 e. The average molecular weight is 250 g/mol. The van der Waals surface area contributed by atoms with Crippen molar-refractivity contribution in [3.8, 4) is 0 Å². The summed E-state index contributed by atoms with van der Waals surface area (Å²) < 4.78 is 13.2. The van der Waals surface area contributed by atoms with Gasteiger partial charge in [-0.3, -0.25) is 4.79 Å². The van der Waals surface area contributed by atoms with Crippen LogP contribution < -0.4 is 0 Å². The number of carbonyl (C=O) groups is 1. The van der Waals surface area contributed by atoms with Crippen LogP contribution in [0.5, 0.6) is 0 Å². The van der Waals surface area contributed by atoms with Crippen LogP contribution in [-0.2, 0) is 4.79 Å². The van der Waals surface area contributed by atoms with Crippen molar-refractivity contribution in [3.63, 3.8) is 0 Å². The van der Waals surface area contributed by atoms with E-state index in [0.717, 1.165) is 11.1 Å². The Morgan fingerprint density at radius 2 is 2.11 bits per heavy atom. The molecule has 1 N–H and O–H groups in total.